The van der Waals surface area contributed by atoms with Gasteiger partial charge in [0.2, 0.25) is 5.91 Å². The molecule has 23 heavy (non-hydrogen) atoms. The van der Waals surface area contributed by atoms with Crippen LogP contribution in [0, 0.1) is 31.6 Å². The van der Waals surface area contributed by atoms with Gasteiger partial charge in [-0.25, -0.2) is 0 Å². The van der Waals surface area contributed by atoms with Crippen LogP contribution < -0.4 is 10.6 Å². The van der Waals surface area contributed by atoms with E-state index in [1.807, 2.05) is 25.6 Å². The normalized spacial score (nSPS) is 34.8. The highest BCUT2D eigenvalue weighted by Gasteiger charge is 2.50. The lowest BCUT2D eigenvalue weighted by Gasteiger charge is -2.57. The fourth-order valence-electron chi connectivity index (χ4n) is 5.73. The molecule has 5 rings (SSSR count). The Morgan fingerprint density at radius 2 is 1.74 bits per heavy atom. The van der Waals surface area contributed by atoms with Crippen molar-refractivity contribution in [2.45, 2.75) is 57.9 Å². The van der Waals surface area contributed by atoms with E-state index in [1.165, 1.54) is 38.5 Å². The van der Waals surface area contributed by atoms with Crippen molar-refractivity contribution in [3.05, 3.63) is 11.4 Å². The maximum Gasteiger partial charge on any atom is 0.238 e. The highest BCUT2D eigenvalue weighted by Crippen LogP contribution is 2.55. The first-order chi connectivity index (χ1) is 10.9. The fraction of sp³-hybridized carbons (Fsp3) is 0.778. The molecule has 0 atom stereocenters. The van der Waals surface area contributed by atoms with Crippen molar-refractivity contribution in [3.8, 4) is 0 Å². The summed E-state index contributed by atoms with van der Waals surface area (Å²) >= 11 is 0. The summed E-state index contributed by atoms with van der Waals surface area (Å²) in [7, 11) is 1.91. The second kappa shape index (κ2) is 5.33. The molecule has 0 spiro atoms. The fourth-order valence-corrected chi connectivity index (χ4v) is 5.73. The molecule has 4 aliphatic rings. The number of anilines is 1. The number of carbonyl (C=O) groups excluding carboxylic acids is 1. The zero-order chi connectivity index (χ0) is 16.2. The van der Waals surface area contributed by atoms with Gasteiger partial charge in [0.05, 0.1) is 23.6 Å². The number of aromatic nitrogens is 2. The van der Waals surface area contributed by atoms with E-state index in [-0.39, 0.29) is 11.4 Å². The van der Waals surface area contributed by atoms with E-state index in [0.29, 0.717) is 6.54 Å². The van der Waals surface area contributed by atoms with Gasteiger partial charge in [0, 0.05) is 12.6 Å². The monoisotopic (exact) mass is 316 g/mol. The number of hydrogen-bond donors (Lipinski definition) is 2. The van der Waals surface area contributed by atoms with E-state index < -0.39 is 0 Å². The molecule has 0 unspecified atom stereocenters. The summed E-state index contributed by atoms with van der Waals surface area (Å²) in [6.07, 6.45) is 8.12. The van der Waals surface area contributed by atoms with Crippen molar-refractivity contribution in [2.24, 2.45) is 24.8 Å². The van der Waals surface area contributed by atoms with Crippen molar-refractivity contribution in [1.82, 2.24) is 15.1 Å². The van der Waals surface area contributed by atoms with E-state index in [1.54, 1.807) is 0 Å². The molecule has 5 nitrogen and oxygen atoms in total. The standard InChI is InChI=1S/C18H28N4O/c1-11-17(12(2)22(3)21-11)20-16(23)10-19-18-7-13-4-14(8-18)6-15(5-13)9-18/h13-15,19H,4-10H2,1-3H3,(H,20,23). The molecule has 5 heteroatoms. The molecule has 1 aromatic rings. The average Bonchev–Trinajstić information content (AvgIpc) is 2.70. The van der Waals surface area contributed by atoms with Gasteiger partial charge in [-0.1, -0.05) is 0 Å². The van der Waals surface area contributed by atoms with Crippen LogP contribution in [0.1, 0.15) is 49.9 Å². The molecule has 1 heterocycles. The molecule has 1 aromatic heterocycles. The van der Waals surface area contributed by atoms with Crippen LogP contribution in [0.3, 0.4) is 0 Å². The first kappa shape index (κ1) is 15.2. The summed E-state index contributed by atoms with van der Waals surface area (Å²) in [6.45, 7) is 4.34. The molecule has 126 valence electrons. The molecule has 0 saturated heterocycles. The van der Waals surface area contributed by atoms with Crippen molar-refractivity contribution >= 4 is 11.6 Å². The van der Waals surface area contributed by atoms with Crippen LogP contribution in [-0.2, 0) is 11.8 Å². The summed E-state index contributed by atoms with van der Waals surface area (Å²) in [5.41, 5.74) is 2.99. The van der Waals surface area contributed by atoms with Crippen LogP contribution in [0.4, 0.5) is 5.69 Å². The smallest absolute Gasteiger partial charge is 0.238 e. The van der Waals surface area contributed by atoms with Crippen LogP contribution in [0.15, 0.2) is 0 Å². The maximum absolute atomic E-state index is 12.4. The van der Waals surface area contributed by atoms with Gasteiger partial charge in [-0.15, -0.1) is 0 Å². The van der Waals surface area contributed by atoms with E-state index in [0.717, 1.165) is 34.8 Å². The highest BCUT2D eigenvalue weighted by atomic mass is 16.1. The van der Waals surface area contributed by atoms with Gasteiger partial charge in [-0.2, -0.15) is 5.10 Å². The topological polar surface area (TPSA) is 59.0 Å². The molecule has 0 aromatic carbocycles. The zero-order valence-electron chi connectivity index (χ0n) is 14.5. The minimum atomic E-state index is 0.0555. The number of rotatable bonds is 4. The summed E-state index contributed by atoms with van der Waals surface area (Å²) in [5, 5.41) is 11.1. The first-order valence-electron chi connectivity index (χ1n) is 8.99. The average molecular weight is 316 g/mol. The second-order valence-electron chi connectivity index (χ2n) is 8.27. The number of nitrogens with zero attached hydrogens (tertiary/aromatic N) is 2. The SMILES string of the molecule is Cc1nn(C)c(C)c1NC(=O)CNC12CC3CC(CC(C3)C1)C2. The minimum absolute atomic E-state index is 0.0555. The molecule has 4 aliphatic carbocycles. The molecular weight excluding hydrogens is 288 g/mol. The quantitative estimate of drug-likeness (QED) is 0.897. The maximum atomic E-state index is 12.4. The van der Waals surface area contributed by atoms with E-state index in [2.05, 4.69) is 15.7 Å². The highest BCUT2D eigenvalue weighted by molar-refractivity contribution is 5.93. The first-order valence-corrected chi connectivity index (χ1v) is 8.99. The van der Waals surface area contributed by atoms with E-state index >= 15 is 0 Å². The van der Waals surface area contributed by atoms with Gasteiger partial charge < -0.3 is 10.6 Å². The van der Waals surface area contributed by atoms with Gasteiger partial charge in [-0.05, 0) is 70.1 Å². The molecule has 4 saturated carbocycles. The Bertz CT molecular complexity index is 598. The Labute approximate surface area is 138 Å². The summed E-state index contributed by atoms with van der Waals surface area (Å²) < 4.78 is 1.82. The second-order valence-corrected chi connectivity index (χ2v) is 8.27. The molecule has 4 fully saturated rings. The van der Waals surface area contributed by atoms with Gasteiger partial charge in [-0.3, -0.25) is 9.48 Å². The van der Waals surface area contributed by atoms with E-state index in [4.69, 9.17) is 0 Å². The summed E-state index contributed by atoms with van der Waals surface area (Å²) in [4.78, 5) is 12.4. The molecular formula is C18H28N4O. The van der Waals surface area contributed by atoms with Gasteiger partial charge >= 0.3 is 0 Å². The molecule has 0 radical (unpaired) electrons. The molecule has 2 N–H and O–H groups in total. The van der Waals surface area contributed by atoms with E-state index in [9.17, 15) is 4.79 Å². The van der Waals surface area contributed by atoms with Crippen LogP contribution in [0.25, 0.3) is 0 Å². The van der Waals surface area contributed by atoms with Crippen LogP contribution in [0.2, 0.25) is 0 Å². The molecule has 1 amide bonds. The van der Waals surface area contributed by atoms with Crippen LogP contribution in [0.5, 0.6) is 0 Å². The van der Waals surface area contributed by atoms with Crippen molar-refractivity contribution < 1.29 is 4.79 Å². The lowest BCUT2D eigenvalue weighted by Crippen LogP contribution is -2.59. The predicted molar refractivity (Wildman–Crippen MR) is 90.2 cm³/mol. The zero-order valence-corrected chi connectivity index (χ0v) is 14.5. The number of hydrogen-bond acceptors (Lipinski definition) is 3. The van der Waals surface area contributed by atoms with Gasteiger partial charge in [0.15, 0.2) is 0 Å². The minimum Gasteiger partial charge on any atom is -0.322 e. The Morgan fingerprint density at radius 3 is 2.22 bits per heavy atom. The van der Waals surface area contributed by atoms with Gasteiger partial charge in [0.25, 0.3) is 0 Å². The largest absolute Gasteiger partial charge is 0.322 e. The van der Waals surface area contributed by atoms with Crippen LogP contribution >= 0.6 is 0 Å². The summed E-state index contributed by atoms with van der Waals surface area (Å²) in [5.74, 6) is 2.76. The summed E-state index contributed by atoms with van der Waals surface area (Å²) in [6, 6.07) is 0. The Balaban J connectivity index is 1.38. The van der Waals surface area contributed by atoms with Crippen molar-refractivity contribution in [2.75, 3.05) is 11.9 Å². The Morgan fingerprint density at radius 1 is 1.17 bits per heavy atom. The number of aryl methyl sites for hydroxylation is 2. The Hall–Kier alpha value is -1.36. The third kappa shape index (κ3) is 2.69. The molecule has 4 bridgehead atoms. The molecule has 0 aliphatic heterocycles. The Kier molecular flexibility index (Phi) is 3.52. The number of amides is 1. The lowest BCUT2D eigenvalue weighted by molar-refractivity contribution is -0.116. The third-order valence-corrected chi connectivity index (χ3v) is 6.44. The van der Waals surface area contributed by atoms with Crippen molar-refractivity contribution in [1.29, 1.82) is 0 Å². The number of nitrogens with one attached hydrogen (secondary N) is 2. The van der Waals surface area contributed by atoms with Crippen molar-refractivity contribution in [3.63, 3.8) is 0 Å². The van der Waals surface area contributed by atoms with Gasteiger partial charge in [0.1, 0.15) is 0 Å². The van der Waals surface area contributed by atoms with Crippen LogP contribution in [-0.4, -0.2) is 27.8 Å². The lowest BCUT2D eigenvalue weighted by atomic mass is 9.53. The predicted octanol–water partition coefficient (Wildman–Crippen LogP) is 2.53. The third-order valence-electron chi connectivity index (χ3n) is 6.44. The number of carbonyl (C=O) groups is 1.